The number of nitrogens with one attached hydrogen (secondary N) is 2. The molecule has 0 aromatic carbocycles. The number of carboxylic acids is 1. The lowest BCUT2D eigenvalue weighted by Gasteiger charge is -2.06. The Kier molecular flexibility index (Phi) is 4.65. The molecule has 0 aliphatic carbocycles. The Labute approximate surface area is 98.8 Å². The number of hydrogen-bond acceptors (Lipinski definition) is 4. The van der Waals surface area contributed by atoms with E-state index in [9.17, 15) is 9.59 Å². The number of amides is 1. The predicted molar refractivity (Wildman–Crippen MR) is 60.6 cm³/mol. The summed E-state index contributed by atoms with van der Waals surface area (Å²) in [5.41, 5.74) is 0.805. The third-order valence-corrected chi connectivity index (χ3v) is 2.26. The van der Waals surface area contributed by atoms with E-state index in [1.54, 1.807) is 7.05 Å². The molecule has 1 amide bonds. The lowest BCUT2D eigenvalue weighted by molar-refractivity contribution is -0.118. The zero-order valence-corrected chi connectivity index (χ0v) is 9.86. The van der Waals surface area contributed by atoms with Gasteiger partial charge in [0.25, 0.3) is 0 Å². The van der Waals surface area contributed by atoms with Crippen LogP contribution in [0.15, 0.2) is 6.20 Å². The molecule has 3 N–H and O–H groups in total. The van der Waals surface area contributed by atoms with Gasteiger partial charge >= 0.3 is 5.97 Å². The summed E-state index contributed by atoms with van der Waals surface area (Å²) < 4.78 is 1.52. The van der Waals surface area contributed by atoms with E-state index in [4.69, 9.17) is 5.11 Å². The van der Waals surface area contributed by atoms with Gasteiger partial charge in [-0.1, -0.05) is 0 Å². The number of carbonyl (C=O) groups is 2. The summed E-state index contributed by atoms with van der Waals surface area (Å²) in [6.45, 7) is 2.93. The highest BCUT2D eigenvalue weighted by atomic mass is 16.4. The maximum absolute atomic E-state index is 10.9. The van der Waals surface area contributed by atoms with Crippen LogP contribution in [0, 0.1) is 0 Å². The molecule has 0 saturated carbocycles. The van der Waals surface area contributed by atoms with Gasteiger partial charge in [-0.05, 0) is 0 Å². The fourth-order valence-electron chi connectivity index (χ4n) is 1.38. The standard InChI is InChI=1S/C10H16N4O3/c1-7(15)12-4-3-11-6-9-8(10(16)17)5-13-14(9)2/h5,11H,3-4,6H2,1-2H3,(H,12,15)(H,16,17). The normalized spacial score (nSPS) is 10.2. The smallest absolute Gasteiger partial charge is 0.339 e. The van der Waals surface area contributed by atoms with E-state index in [1.165, 1.54) is 17.8 Å². The van der Waals surface area contributed by atoms with Gasteiger partial charge in [0, 0.05) is 33.6 Å². The second-order valence-corrected chi connectivity index (χ2v) is 3.59. The van der Waals surface area contributed by atoms with Crippen LogP contribution >= 0.6 is 0 Å². The van der Waals surface area contributed by atoms with Gasteiger partial charge in [0.05, 0.1) is 11.9 Å². The van der Waals surface area contributed by atoms with Gasteiger partial charge in [0.15, 0.2) is 0 Å². The van der Waals surface area contributed by atoms with E-state index in [0.29, 0.717) is 25.3 Å². The summed E-state index contributed by atoms with van der Waals surface area (Å²) in [4.78, 5) is 21.5. The van der Waals surface area contributed by atoms with E-state index < -0.39 is 5.97 Å². The minimum Gasteiger partial charge on any atom is -0.478 e. The molecule has 1 aromatic rings. The number of hydrogen-bond donors (Lipinski definition) is 3. The fourth-order valence-corrected chi connectivity index (χ4v) is 1.38. The van der Waals surface area contributed by atoms with Gasteiger partial charge in [-0.2, -0.15) is 5.10 Å². The number of carbonyl (C=O) groups excluding carboxylic acids is 1. The molecule has 17 heavy (non-hydrogen) atoms. The molecule has 1 rings (SSSR count). The molecule has 7 heteroatoms. The van der Waals surface area contributed by atoms with Crippen molar-refractivity contribution in [3.63, 3.8) is 0 Å². The van der Waals surface area contributed by atoms with Gasteiger partial charge < -0.3 is 15.7 Å². The summed E-state index contributed by atoms with van der Waals surface area (Å²) in [6.07, 6.45) is 1.33. The Morgan fingerprint density at radius 2 is 2.18 bits per heavy atom. The molecule has 0 aliphatic heterocycles. The monoisotopic (exact) mass is 240 g/mol. The predicted octanol–water partition coefficient (Wildman–Crippen LogP) is -0.656. The lowest BCUT2D eigenvalue weighted by Crippen LogP contribution is -2.30. The maximum atomic E-state index is 10.9. The number of aromatic nitrogens is 2. The first kappa shape index (κ1) is 13.2. The molecular formula is C10H16N4O3. The Morgan fingerprint density at radius 3 is 2.76 bits per heavy atom. The summed E-state index contributed by atoms with van der Waals surface area (Å²) >= 11 is 0. The Morgan fingerprint density at radius 1 is 1.47 bits per heavy atom. The summed E-state index contributed by atoms with van der Waals surface area (Å²) in [6, 6.07) is 0. The second kappa shape index (κ2) is 6.00. The average Bonchev–Trinajstić information content (AvgIpc) is 2.59. The van der Waals surface area contributed by atoms with Gasteiger partial charge in [0.1, 0.15) is 5.56 Å². The first-order valence-corrected chi connectivity index (χ1v) is 5.21. The fraction of sp³-hybridized carbons (Fsp3) is 0.500. The second-order valence-electron chi connectivity index (χ2n) is 3.59. The number of aryl methyl sites for hydroxylation is 1. The van der Waals surface area contributed by atoms with E-state index in [0.717, 1.165) is 0 Å². The molecule has 0 atom stereocenters. The zero-order chi connectivity index (χ0) is 12.8. The van der Waals surface area contributed by atoms with E-state index >= 15 is 0 Å². The van der Waals surface area contributed by atoms with Crippen molar-refractivity contribution in [2.24, 2.45) is 7.05 Å². The van der Waals surface area contributed by atoms with Crippen LogP contribution in [0.25, 0.3) is 0 Å². The molecule has 7 nitrogen and oxygen atoms in total. The minimum absolute atomic E-state index is 0.0847. The summed E-state index contributed by atoms with van der Waals surface area (Å²) in [5, 5.41) is 18.5. The third kappa shape index (κ3) is 3.87. The molecule has 0 radical (unpaired) electrons. The molecule has 94 valence electrons. The van der Waals surface area contributed by atoms with Crippen LogP contribution in [-0.4, -0.2) is 39.9 Å². The summed E-state index contributed by atoms with van der Waals surface area (Å²) in [7, 11) is 1.69. The van der Waals surface area contributed by atoms with Crippen LogP contribution in [0.3, 0.4) is 0 Å². The van der Waals surface area contributed by atoms with Gasteiger partial charge in [-0.25, -0.2) is 4.79 Å². The first-order chi connectivity index (χ1) is 8.02. The molecule has 0 saturated heterocycles. The molecule has 1 heterocycles. The van der Waals surface area contributed by atoms with Crippen LogP contribution in [-0.2, 0) is 18.4 Å². The molecule has 0 bridgehead atoms. The van der Waals surface area contributed by atoms with E-state index in [-0.39, 0.29) is 11.5 Å². The van der Waals surface area contributed by atoms with Gasteiger partial charge in [-0.15, -0.1) is 0 Å². The van der Waals surface area contributed by atoms with Crippen molar-refractivity contribution in [1.82, 2.24) is 20.4 Å². The average molecular weight is 240 g/mol. The molecule has 0 aliphatic rings. The highest BCUT2D eigenvalue weighted by Crippen LogP contribution is 2.06. The Hall–Kier alpha value is -1.89. The highest BCUT2D eigenvalue weighted by Gasteiger charge is 2.13. The maximum Gasteiger partial charge on any atom is 0.339 e. The number of rotatable bonds is 6. The van der Waals surface area contributed by atoms with E-state index in [2.05, 4.69) is 15.7 Å². The molecule has 0 unspecified atom stereocenters. The van der Waals surface area contributed by atoms with Crippen LogP contribution in [0.2, 0.25) is 0 Å². The van der Waals surface area contributed by atoms with Crippen molar-refractivity contribution < 1.29 is 14.7 Å². The minimum atomic E-state index is -0.989. The topological polar surface area (TPSA) is 96.2 Å². The molecular weight excluding hydrogens is 224 g/mol. The van der Waals surface area contributed by atoms with Crippen molar-refractivity contribution in [2.75, 3.05) is 13.1 Å². The van der Waals surface area contributed by atoms with Crippen molar-refractivity contribution in [3.8, 4) is 0 Å². The Balaban J connectivity index is 2.43. The number of aromatic carboxylic acids is 1. The van der Waals surface area contributed by atoms with Crippen LogP contribution in [0.4, 0.5) is 0 Å². The SMILES string of the molecule is CC(=O)NCCNCc1c(C(=O)O)cnn1C. The van der Waals surface area contributed by atoms with Gasteiger partial charge in [0.2, 0.25) is 5.91 Å². The van der Waals surface area contributed by atoms with Crippen molar-refractivity contribution in [1.29, 1.82) is 0 Å². The molecule has 1 aromatic heterocycles. The zero-order valence-electron chi connectivity index (χ0n) is 9.86. The first-order valence-electron chi connectivity index (χ1n) is 5.21. The van der Waals surface area contributed by atoms with E-state index in [1.807, 2.05) is 0 Å². The Bertz CT molecular complexity index is 414. The van der Waals surface area contributed by atoms with Crippen molar-refractivity contribution in [3.05, 3.63) is 17.5 Å². The number of nitrogens with zero attached hydrogens (tertiary/aromatic N) is 2. The summed E-state index contributed by atoms with van der Waals surface area (Å²) in [5.74, 6) is -1.07. The molecule has 0 fully saturated rings. The van der Waals surface area contributed by atoms with Gasteiger partial charge in [-0.3, -0.25) is 9.48 Å². The third-order valence-electron chi connectivity index (χ3n) is 2.26. The highest BCUT2D eigenvalue weighted by molar-refractivity contribution is 5.88. The number of carboxylic acid groups (broad SMARTS) is 1. The van der Waals surface area contributed by atoms with Crippen molar-refractivity contribution in [2.45, 2.75) is 13.5 Å². The molecule has 0 spiro atoms. The van der Waals surface area contributed by atoms with Crippen molar-refractivity contribution >= 4 is 11.9 Å². The quantitative estimate of drug-likeness (QED) is 0.574. The largest absolute Gasteiger partial charge is 0.478 e. The van der Waals surface area contributed by atoms with Crippen LogP contribution in [0.5, 0.6) is 0 Å². The lowest BCUT2D eigenvalue weighted by atomic mass is 10.2. The van der Waals surface area contributed by atoms with Crippen LogP contribution < -0.4 is 10.6 Å². The van der Waals surface area contributed by atoms with Crippen LogP contribution in [0.1, 0.15) is 23.0 Å².